The van der Waals surface area contributed by atoms with Crippen LogP contribution in [0.3, 0.4) is 0 Å². The normalized spacial score (nSPS) is 12.8. The van der Waals surface area contributed by atoms with Gasteiger partial charge >= 0.3 is 0 Å². The third-order valence-electron chi connectivity index (χ3n) is 3.23. The van der Waals surface area contributed by atoms with Gasteiger partial charge < -0.3 is 5.32 Å². The van der Waals surface area contributed by atoms with Gasteiger partial charge in [0.2, 0.25) is 0 Å². The SMILES string of the molecule is CCCC(Cc1cnnc2ccccc12)NCC. The molecule has 3 nitrogen and oxygen atoms in total. The standard InChI is InChI=1S/C15H21N3/c1-3-7-13(16-4-2)10-12-11-17-18-15-9-6-5-8-14(12)15/h5-6,8-9,11,13,16H,3-4,7,10H2,1-2H3. The Morgan fingerprint density at radius 2 is 2.06 bits per heavy atom. The Morgan fingerprint density at radius 1 is 1.22 bits per heavy atom. The van der Waals surface area contributed by atoms with Gasteiger partial charge in [0.25, 0.3) is 0 Å². The summed E-state index contributed by atoms with van der Waals surface area (Å²) in [5.74, 6) is 0. The predicted molar refractivity (Wildman–Crippen MR) is 75.6 cm³/mol. The minimum absolute atomic E-state index is 0.535. The highest BCUT2D eigenvalue weighted by molar-refractivity contribution is 5.81. The van der Waals surface area contributed by atoms with E-state index in [1.54, 1.807) is 0 Å². The molecule has 3 heteroatoms. The van der Waals surface area contributed by atoms with Crippen LogP contribution in [0.5, 0.6) is 0 Å². The summed E-state index contributed by atoms with van der Waals surface area (Å²) in [4.78, 5) is 0. The number of hydrogen-bond donors (Lipinski definition) is 1. The minimum Gasteiger partial charge on any atom is -0.314 e. The van der Waals surface area contributed by atoms with Gasteiger partial charge in [-0.3, -0.25) is 0 Å². The Morgan fingerprint density at radius 3 is 2.83 bits per heavy atom. The van der Waals surface area contributed by atoms with Crippen LogP contribution in [0.2, 0.25) is 0 Å². The monoisotopic (exact) mass is 243 g/mol. The second-order valence-corrected chi connectivity index (χ2v) is 4.63. The van der Waals surface area contributed by atoms with Crippen LogP contribution in [0.1, 0.15) is 32.3 Å². The van der Waals surface area contributed by atoms with Crippen LogP contribution in [0.25, 0.3) is 10.9 Å². The Kier molecular flexibility index (Phi) is 4.65. The first kappa shape index (κ1) is 13.0. The molecular weight excluding hydrogens is 222 g/mol. The molecule has 18 heavy (non-hydrogen) atoms. The summed E-state index contributed by atoms with van der Waals surface area (Å²) < 4.78 is 0. The molecule has 96 valence electrons. The van der Waals surface area contributed by atoms with Gasteiger partial charge in [0.15, 0.2) is 0 Å². The van der Waals surface area contributed by atoms with Crippen molar-refractivity contribution >= 4 is 10.9 Å². The molecule has 0 amide bonds. The lowest BCUT2D eigenvalue weighted by atomic mass is 10.0. The average Bonchev–Trinajstić information content (AvgIpc) is 2.40. The van der Waals surface area contributed by atoms with E-state index in [0.717, 1.165) is 18.5 Å². The minimum atomic E-state index is 0.535. The van der Waals surface area contributed by atoms with E-state index in [2.05, 4.69) is 41.5 Å². The topological polar surface area (TPSA) is 37.8 Å². The number of benzene rings is 1. The number of fused-ring (bicyclic) bond motifs is 1. The Bertz CT molecular complexity index is 485. The van der Waals surface area contributed by atoms with Gasteiger partial charge in [-0.15, -0.1) is 0 Å². The first-order valence-electron chi connectivity index (χ1n) is 6.77. The molecule has 0 spiro atoms. The molecule has 0 saturated carbocycles. The number of rotatable bonds is 6. The summed E-state index contributed by atoms with van der Waals surface area (Å²) in [5, 5.41) is 13.1. The fourth-order valence-corrected chi connectivity index (χ4v) is 2.40. The van der Waals surface area contributed by atoms with Crippen LogP contribution in [-0.4, -0.2) is 22.8 Å². The summed E-state index contributed by atoms with van der Waals surface area (Å²) in [6.07, 6.45) is 5.33. The van der Waals surface area contributed by atoms with E-state index >= 15 is 0 Å². The largest absolute Gasteiger partial charge is 0.314 e. The molecule has 0 bridgehead atoms. The molecule has 0 aliphatic carbocycles. The van der Waals surface area contributed by atoms with Crippen molar-refractivity contribution in [3.63, 3.8) is 0 Å². The van der Waals surface area contributed by atoms with Crippen molar-refractivity contribution in [1.29, 1.82) is 0 Å². The first-order chi connectivity index (χ1) is 8.85. The van der Waals surface area contributed by atoms with Gasteiger partial charge in [-0.2, -0.15) is 10.2 Å². The molecule has 1 N–H and O–H groups in total. The van der Waals surface area contributed by atoms with E-state index in [4.69, 9.17) is 0 Å². The van der Waals surface area contributed by atoms with E-state index in [-0.39, 0.29) is 0 Å². The smallest absolute Gasteiger partial charge is 0.0932 e. The quantitative estimate of drug-likeness (QED) is 0.847. The zero-order valence-electron chi connectivity index (χ0n) is 11.2. The zero-order valence-corrected chi connectivity index (χ0v) is 11.2. The molecule has 0 radical (unpaired) electrons. The van der Waals surface area contributed by atoms with E-state index in [1.807, 2.05) is 18.3 Å². The third-order valence-corrected chi connectivity index (χ3v) is 3.23. The number of likely N-dealkylation sites (N-methyl/N-ethyl adjacent to an activating group) is 1. The van der Waals surface area contributed by atoms with Crippen LogP contribution in [0.4, 0.5) is 0 Å². The molecular formula is C15H21N3. The van der Waals surface area contributed by atoms with Gasteiger partial charge in [-0.1, -0.05) is 38.5 Å². The molecule has 0 aliphatic rings. The second-order valence-electron chi connectivity index (χ2n) is 4.63. The molecule has 1 aromatic heterocycles. The lowest BCUT2D eigenvalue weighted by Crippen LogP contribution is -2.30. The average molecular weight is 243 g/mol. The maximum Gasteiger partial charge on any atom is 0.0932 e. The van der Waals surface area contributed by atoms with Gasteiger partial charge in [0, 0.05) is 11.4 Å². The summed E-state index contributed by atoms with van der Waals surface area (Å²) in [7, 11) is 0. The van der Waals surface area contributed by atoms with E-state index < -0.39 is 0 Å². The van der Waals surface area contributed by atoms with Gasteiger partial charge in [0.1, 0.15) is 0 Å². The van der Waals surface area contributed by atoms with Crippen molar-refractivity contribution in [3.05, 3.63) is 36.0 Å². The highest BCUT2D eigenvalue weighted by Gasteiger charge is 2.10. The third kappa shape index (κ3) is 3.05. The molecule has 0 saturated heterocycles. The van der Waals surface area contributed by atoms with E-state index in [0.29, 0.717) is 6.04 Å². The molecule has 1 atom stereocenters. The van der Waals surface area contributed by atoms with Gasteiger partial charge in [-0.05, 0) is 31.0 Å². The van der Waals surface area contributed by atoms with Crippen molar-refractivity contribution < 1.29 is 0 Å². The highest BCUT2D eigenvalue weighted by atomic mass is 15.1. The Labute approximate surface area is 109 Å². The molecule has 2 aromatic rings. The number of nitrogens with one attached hydrogen (secondary N) is 1. The number of nitrogens with zero attached hydrogens (tertiary/aromatic N) is 2. The first-order valence-corrected chi connectivity index (χ1v) is 6.77. The molecule has 0 fully saturated rings. The number of hydrogen-bond acceptors (Lipinski definition) is 3. The zero-order chi connectivity index (χ0) is 12.8. The van der Waals surface area contributed by atoms with Crippen LogP contribution in [0.15, 0.2) is 30.5 Å². The Balaban J connectivity index is 2.24. The fraction of sp³-hybridized carbons (Fsp3) is 0.467. The van der Waals surface area contributed by atoms with Crippen LogP contribution in [0, 0.1) is 0 Å². The Hall–Kier alpha value is -1.48. The van der Waals surface area contributed by atoms with Crippen molar-refractivity contribution in [2.45, 2.75) is 39.2 Å². The molecule has 1 heterocycles. The second kappa shape index (κ2) is 6.45. The van der Waals surface area contributed by atoms with Crippen LogP contribution >= 0.6 is 0 Å². The van der Waals surface area contributed by atoms with Crippen molar-refractivity contribution in [3.8, 4) is 0 Å². The molecule has 2 rings (SSSR count). The van der Waals surface area contributed by atoms with E-state index in [1.165, 1.54) is 23.8 Å². The maximum atomic E-state index is 4.17. The van der Waals surface area contributed by atoms with Gasteiger partial charge in [0.05, 0.1) is 11.7 Å². The summed E-state index contributed by atoms with van der Waals surface area (Å²) >= 11 is 0. The molecule has 1 aromatic carbocycles. The maximum absolute atomic E-state index is 4.17. The lowest BCUT2D eigenvalue weighted by Gasteiger charge is -2.17. The molecule has 0 aliphatic heterocycles. The highest BCUT2D eigenvalue weighted by Crippen LogP contribution is 2.17. The van der Waals surface area contributed by atoms with Crippen molar-refractivity contribution in [2.75, 3.05) is 6.54 Å². The summed E-state index contributed by atoms with van der Waals surface area (Å²) in [6.45, 7) is 5.40. The molecule has 1 unspecified atom stereocenters. The van der Waals surface area contributed by atoms with Crippen molar-refractivity contribution in [1.82, 2.24) is 15.5 Å². The predicted octanol–water partition coefficient (Wildman–Crippen LogP) is 2.95. The fourth-order valence-electron chi connectivity index (χ4n) is 2.40. The lowest BCUT2D eigenvalue weighted by molar-refractivity contribution is 0.486. The number of aromatic nitrogens is 2. The van der Waals surface area contributed by atoms with Crippen molar-refractivity contribution in [2.24, 2.45) is 0 Å². The summed E-state index contributed by atoms with van der Waals surface area (Å²) in [6, 6.07) is 8.76. The van der Waals surface area contributed by atoms with Crippen LogP contribution in [-0.2, 0) is 6.42 Å². The van der Waals surface area contributed by atoms with Gasteiger partial charge in [-0.25, -0.2) is 0 Å². The summed E-state index contributed by atoms with van der Waals surface area (Å²) in [5.41, 5.74) is 2.28. The van der Waals surface area contributed by atoms with E-state index in [9.17, 15) is 0 Å². The van der Waals surface area contributed by atoms with Crippen LogP contribution < -0.4 is 5.32 Å².